The highest BCUT2D eigenvalue weighted by molar-refractivity contribution is 5.99. The lowest BCUT2D eigenvalue weighted by atomic mass is 10.1. The number of amides is 1. The molecular weight excluding hydrogens is 340 g/mol. The van der Waals surface area contributed by atoms with Gasteiger partial charge in [0.1, 0.15) is 17.1 Å². The molecule has 27 heavy (non-hydrogen) atoms. The van der Waals surface area contributed by atoms with E-state index in [1.54, 1.807) is 0 Å². The molecule has 0 radical (unpaired) electrons. The Morgan fingerprint density at radius 3 is 2.59 bits per heavy atom. The first kappa shape index (κ1) is 17.9. The highest BCUT2D eigenvalue weighted by Crippen LogP contribution is 2.28. The average Bonchev–Trinajstić information content (AvgIpc) is 3.38. The van der Waals surface area contributed by atoms with Crippen LogP contribution in [-0.2, 0) is 0 Å². The number of aryl methyl sites for hydroxylation is 3. The lowest BCUT2D eigenvalue weighted by molar-refractivity contribution is 0.0907. The lowest BCUT2D eigenvalue weighted by Crippen LogP contribution is -2.36. The van der Waals surface area contributed by atoms with Crippen LogP contribution in [0.15, 0.2) is 39.2 Å². The zero-order valence-electron chi connectivity index (χ0n) is 16.2. The summed E-state index contributed by atoms with van der Waals surface area (Å²) in [5, 5.41) is 4.06. The fourth-order valence-corrected chi connectivity index (χ4v) is 3.92. The summed E-state index contributed by atoms with van der Waals surface area (Å²) in [6.45, 7) is 8.49. The predicted octanol–water partition coefficient (Wildman–Crippen LogP) is 4.52. The van der Waals surface area contributed by atoms with Crippen LogP contribution in [0.25, 0.3) is 11.0 Å². The van der Waals surface area contributed by atoms with Crippen LogP contribution in [0.5, 0.6) is 0 Å². The molecule has 0 unspecified atom stereocenters. The number of hydrogen-bond donors (Lipinski definition) is 1. The largest absolute Gasteiger partial charge is 0.465 e. The van der Waals surface area contributed by atoms with Gasteiger partial charge in [0.15, 0.2) is 5.76 Å². The molecule has 1 saturated heterocycles. The number of likely N-dealkylation sites (tertiary alicyclic amines) is 1. The van der Waals surface area contributed by atoms with E-state index in [0.717, 1.165) is 46.7 Å². The maximum absolute atomic E-state index is 12.8. The zero-order valence-corrected chi connectivity index (χ0v) is 16.2. The number of nitrogens with zero attached hydrogens (tertiary/aromatic N) is 1. The summed E-state index contributed by atoms with van der Waals surface area (Å²) in [5.41, 5.74) is 2.79. The van der Waals surface area contributed by atoms with E-state index in [0.29, 0.717) is 12.3 Å². The first-order valence-corrected chi connectivity index (χ1v) is 9.61. The van der Waals surface area contributed by atoms with Crippen molar-refractivity contribution in [2.24, 2.45) is 0 Å². The SMILES string of the molecule is Cc1ccc2oc(C(=O)NC[C@@H](c3ccc(C)o3)N3CCCC3)c(C)c2c1. The van der Waals surface area contributed by atoms with Gasteiger partial charge in [0.2, 0.25) is 0 Å². The third-order valence-corrected chi connectivity index (χ3v) is 5.42. The standard InChI is InChI=1S/C22H26N2O3/c1-14-6-8-19-17(12-14)16(3)21(27-19)22(25)23-13-18(24-10-4-5-11-24)20-9-7-15(2)26-20/h6-9,12,18H,4-5,10-11,13H2,1-3H3,(H,23,25)/t18-/m0/s1. The molecule has 0 bridgehead atoms. The minimum Gasteiger partial charge on any atom is -0.465 e. The number of nitrogens with one attached hydrogen (secondary N) is 1. The molecule has 3 aromatic rings. The molecule has 3 heterocycles. The van der Waals surface area contributed by atoms with Gasteiger partial charge in [-0.1, -0.05) is 11.6 Å². The number of carbonyl (C=O) groups excluding carboxylic acids is 1. The third kappa shape index (κ3) is 3.52. The van der Waals surface area contributed by atoms with Crippen LogP contribution in [0.4, 0.5) is 0 Å². The second kappa shape index (κ2) is 7.24. The van der Waals surface area contributed by atoms with Gasteiger partial charge >= 0.3 is 0 Å². The molecule has 0 saturated carbocycles. The van der Waals surface area contributed by atoms with E-state index in [9.17, 15) is 4.79 Å². The molecule has 1 amide bonds. The van der Waals surface area contributed by atoms with E-state index in [1.165, 1.54) is 12.8 Å². The van der Waals surface area contributed by atoms with Crippen molar-refractivity contribution in [1.82, 2.24) is 10.2 Å². The summed E-state index contributed by atoms with van der Waals surface area (Å²) >= 11 is 0. The van der Waals surface area contributed by atoms with Crippen molar-refractivity contribution in [3.05, 3.63) is 58.7 Å². The van der Waals surface area contributed by atoms with Gasteiger partial charge in [0.25, 0.3) is 5.91 Å². The molecular formula is C22H26N2O3. The molecule has 1 atom stereocenters. The van der Waals surface area contributed by atoms with Crippen molar-refractivity contribution >= 4 is 16.9 Å². The highest BCUT2D eigenvalue weighted by atomic mass is 16.3. The Labute approximate surface area is 159 Å². The maximum atomic E-state index is 12.8. The van der Waals surface area contributed by atoms with Crippen LogP contribution in [0, 0.1) is 20.8 Å². The number of fused-ring (bicyclic) bond motifs is 1. The fraction of sp³-hybridized carbons (Fsp3) is 0.409. The minimum atomic E-state index is -0.172. The first-order valence-electron chi connectivity index (χ1n) is 9.61. The summed E-state index contributed by atoms with van der Waals surface area (Å²) in [6.07, 6.45) is 2.37. The number of benzene rings is 1. The Balaban J connectivity index is 1.53. The fourth-order valence-electron chi connectivity index (χ4n) is 3.92. The monoisotopic (exact) mass is 366 g/mol. The molecule has 5 heteroatoms. The van der Waals surface area contributed by atoms with Gasteiger partial charge in [0, 0.05) is 17.5 Å². The third-order valence-electron chi connectivity index (χ3n) is 5.42. The molecule has 1 fully saturated rings. The van der Waals surface area contributed by atoms with Gasteiger partial charge in [-0.25, -0.2) is 0 Å². The molecule has 1 aliphatic heterocycles. The molecule has 0 aliphatic carbocycles. The molecule has 1 aliphatic rings. The van der Waals surface area contributed by atoms with Crippen LogP contribution in [0.3, 0.4) is 0 Å². The Morgan fingerprint density at radius 2 is 1.89 bits per heavy atom. The van der Waals surface area contributed by atoms with Crippen LogP contribution in [-0.4, -0.2) is 30.4 Å². The van der Waals surface area contributed by atoms with Gasteiger partial charge in [-0.2, -0.15) is 0 Å². The number of hydrogen-bond acceptors (Lipinski definition) is 4. The van der Waals surface area contributed by atoms with Crippen molar-refractivity contribution in [2.75, 3.05) is 19.6 Å². The van der Waals surface area contributed by atoms with Crippen molar-refractivity contribution in [3.8, 4) is 0 Å². The number of carbonyl (C=O) groups is 1. The molecule has 1 N–H and O–H groups in total. The smallest absolute Gasteiger partial charge is 0.287 e. The Morgan fingerprint density at radius 1 is 1.11 bits per heavy atom. The van der Waals surface area contributed by atoms with E-state index in [1.807, 2.05) is 45.0 Å². The van der Waals surface area contributed by atoms with Crippen LogP contribution < -0.4 is 5.32 Å². The zero-order chi connectivity index (χ0) is 19.0. The molecule has 2 aromatic heterocycles. The second-order valence-corrected chi connectivity index (χ2v) is 7.47. The van der Waals surface area contributed by atoms with E-state index in [2.05, 4.69) is 16.3 Å². The van der Waals surface area contributed by atoms with Crippen molar-refractivity contribution < 1.29 is 13.6 Å². The number of rotatable bonds is 5. The summed E-state index contributed by atoms with van der Waals surface area (Å²) in [5.74, 6) is 2.02. The summed E-state index contributed by atoms with van der Waals surface area (Å²) < 4.78 is 11.7. The van der Waals surface area contributed by atoms with E-state index < -0.39 is 0 Å². The molecule has 142 valence electrons. The normalized spacial score (nSPS) is 16.1. The Kier molecular flexibility index (Phi) is 4.79. The van der Waals surface area contributed by atoms with Crippen LogP contribution in [0.2, 0.25) is 0 Å². The van der Waals surface area contributed by atoms with Crippen molar-refractivity contribution in [3.63, 3.8) is 0 Å². The average molecular weight is 366 g/mol. The molecule has 0 spiro atoms. The summed E-state index contributed by atoms with van der Waals surface area (Å²) in [7, 11) is 0. The second-order valence-electron chi connectivity index (χ2n) is 7.47. The van der Waals surface area contributed by atoms with Gasteiger partial charge in [0.05, 0.1) is 6.04 Å². The maximum Gasteiger partial charge on any atom is 0.287 e. The number of furan rings is 2. The predicted molar refractivity (Wildman–Crippen MR) is 105 cm³/mol. The first-order chi connectivity index (χ1) is 13.0. The lowest BCUT2D eigenvalue weighted by Gasteiger charge is -2.25. The van der Waals surface area contributed by atoms with E-state index >= 15 is 0 Å². The quantitative estimate of drug-likeness (QED) is 0.721. The molecule has 4 rings (SSSR count). The molecule has 5 nitrogen and oxygen atoms in total. The van der Waals surface area contributed by atoms with Gasteiger partial charge < -0.3 is 14.2 Å². The van der Waals surface area contributed by atoms with Crippen molar-refractivity contribution in [1.29, 1.82) is 0 Å². The van der Waals surface area contributed by atoms with Crippen LogP contribution >= 0.6 is 0 Å². The summed E-state index contributed by atoms with van der Waals surface area (Å²) in [4.78, 5) is 15.2. The van der Waals surface area contributed by atoms with Crippen molar-refractivity contribution in [2.45, 2.75) is 39.7 Å². The minimum absolute atomic E-state index is 0.0529. The van der Waals surface area contributed by atoms with E-state index in [4.69, 9.17) is 8.83 Å². The highest BCUT2D eigenvalue weighted by Gasteiger charge is 2.27. The van der Waals surface area contributed by atoms with Crippen LogP contribution in [0.1, 0.15) is 52.1 Å². The topological polar surface area (TPSA) is 58.6 Å². The Hall–Kier alpha value is -2.53. The van der Waals surface area contributed by atoms with Gasteiger partial charge in [-0.05, 0) is 71.0 Å². The van der Waals surface area contributed by atoms with E-state index in [-0.39, 0.29) is 11.9 Å². The summed E-state index contributed by atoms with van der Waals surface area (Å²) in [6, 6.07) is 10.0. The molecule has 1 aromatic carbocycles. The Bertz CT molecular complexity index is 963. The van der Waals surface area contributed by atoms with Gasteiger partial charge in [-0.3, -0.25) is 9.69 Å². The van der Waals surface area contributed by atoms with Gasteiger partial charge in [-0.15, -0.1) is 0 Å².